The van der Waals surface area contributed by atoms with Gasteiger partial charge >= 0.3 is 5.97 Å². The Bertz CT molecular complexity index is 557. The van der Waals surface area contributed by atoms with E-state index in [-0.39, 0.29) is 12.5 Å². The van der Waals surface area contributed by atoms with Crippen LogP contribution in [0.5, 0.6) is 0 Å². The van der Waals surface area contributed by atoms with E-state index in [1.165, 1.54) is 4.90 Å². The van der Waals surface area contributed by atoms with Gasteiger partial charge in [-0.15, -0.1) is 0 Å². The van der Waals surface area contributed by atoms with Gasteiger partial charge in [0.05, 0.1) is 6.04 Å². The lowest BCUT2D eigenvalue weighted by atomic mass is 9.89. The predicted molar refractivity (Wildman–Crippen MR) is 71.0 cm³/mol. The summed E-state index contributed by atoms with van der Waals surface area (Å²) in [7, 11) is 0. The molecular formula is C15H17NO4. The van der Waals surface area contributed by atoms with E-state index in [0.29, 0.717) is 6.42 Å². The lowest BCUT2D eigenvalue weighted by Gasteiger charge is -2.40. The summed E-state index contributed by atoms with van der Waals surface area (Å²) < 4.78 is 0. The smallest absolute Gasteiger partial charge is 0.326 e. The minimum Gasteiger partial charge on any atom is -0.480 e. The summed E-state index contributed by atoms with van der Waals surface area (Å²) in [5, 5.41) is 19.4. The number of aliphatic hydroxyl groups is 1. The van der Waals surface area contributed by atoms with Gasteiger partial charge in [-0.25, -0.2) is 4.79 Å². The van der Waals surface area contributed by atoms with E-state index < -0.39 is 24.0 Å². The van der Waals surface area contributed by atoms with Crippen LogP contribution in [0.3, 0.4) is 0 Å². The van der Waals surface area contributed by atoms with Crippen molar-refractivity contribution < 1.29 is 19.8 Å². The Morgan fingerprint density at radius 1 is 1.25 bits per heavy atom. The number of hydrogen-bond acceptors (Lipinski definition) is 3. The van der Waals surface area contributed by atoms with Gasteiger partial charge in [-0.3, -0.25) is 4.79 Å². The van der Waals surface area contributed by atoms with Crippen LogP contribution in [0.15, 0.2) is 24.3 Å². The number of benzene rings is 1. The highest BCUT2D eigenvalue weighted by Crippen LogP contribution is 2.39. The van der Waals surface area contributed by atoms with Crippen LogP contribution >= 0.6 is 0 Å². The Morgan fingerprint density at radius 2 is 2.00 bits per heavy atom. The molecule has 2 heterocycles. The molecule has 0 radical (unpaired) electrons. The average molecular weight is 275 g/mol. The van der Waals surface area contributed by atoms with Crippen LogP contribution in [-0.2, 0) is 16.0 Å². The minimum atomic E-state index is -1.15. The summed E-state index contributed by atoms with van der Waals surface area (Å²) in [6, 6.07) is 6.54. The standard InChI is InChI=1S/C15H17NO4/c17-13-8-9-4-1-2-5-10(9)11-6-3-7-12(15(19)20)16(11)14(13)18/h1-2,4-5,11-13,17H,3,6-8H2,(H,19,20)/t11?,12-,13-/m0/s1. The molecule has 0 bridgehead atoms. The SMILES string of the molecule is O=C(O)[C@@H]1CCCC2c3ccccc3C[C@H](O)C(=O)N21. The zero-order valence-corrected chi connectivity index (χ0v) is 11.0. The van der Waals surface area contributed by atoms with Gasteiger partial charge in [0.15, 0.2) is 0 Å². The van der Waals surface area contributed by atoms with Crippen LogP contribution in [0.2, 0.25) is 0 Å². The molecule has 1 aromatic rings. The van der Waals surface area contributed by atoms with E-state index in [4.69, 9.17) is 0 Å². The molecule has 0 spiro atoms. The Balaban J connectivity index is 2.10. The van der Waals surface area contributed by atoms with Crippen molar-refractivity contribution in [2.45, 2.75) is 43.9 Å². The maximum absolute atomic E-state index is 12.4. The van der Waals surface area contributed by atoms with Crippen LogP contribution < -0.4 is 0 Å². The molecule has 5 heteroatoms. The van der Waals surface area contributed by atoms with E-state index in [0.717, 1.165) is 24.0 Å². The summed E-state index contributed by atoms with van der Waals surface area (Å²) in [6.07, 6.45) is 1.08. The molecule has 1 fully saturated rings. The number of aliphatic carboxylic acids is 1. The first-order valence-electron chi connectivity index (χ1n) is 6.90. The number of rotatable bonds is 1. The third kappa shape index (κ3) is 1.98. The average Bonchev–Trinajstić information content (AvgIpc) is 2.55. The second-order valence-corrected chi connectivity index (χ2v) is 5.46. The highest BCUT2D eigenvalue weighted by atomic mass is 16.4. The molecule has 3 rings (SSSR count). The molecule has 5 nitrogen and oxygen atoms in total. The molecular weight excluding hydrogens is 258 g/mol. The zero-order chi connectivity index (χ0) is 14.3. The van der Waals surface area contributed by atoms with Crippen LogP contribution in [0.4, 0.5) is 0 Å². The molecule has 2 aliphatic rings. The maximum Gasteiger partial charge on any atom is 0.326 e. The van der Waals surface area contributed by atoms with Crippen molar-refractivity contribution in [3.63, 3.8) is 0 Å². The Labute approximate surface area is 116 Å². The molecule has 0 aromatic heterocycles. The van der Waals surface area contributed by atoms with Gasteiger partial charge < -0.3 is 15.1 Å². The number of hydrogen-bond donors (Lipinski definition) is 2. The summed E-state index contributed by atoms with van der Waals surface area (Å²) in [6.45, 7) is 0. The second-order valence-electron chi connectivity index (χ2n) is 5.46. The first-order chi connectivity index (χ1) is 9.59. The number of amides is 1. The summed E-state index contributed by atoms with van der Waals surface area (Å²) in [4.78, 5) is 25.2. The lowest BCUT2D eigenvalue weighted by molar-refractivity contribution is -0.159. The fourth-order valence-electron chi connectivity index (χ4n) is 3.37. The van der Waals surface area contributed by atoms with Crippen molar-refractivity contribution in [1.29, 1.82) is 0 Å². The predicted octanol–water partition coefficient (Wildman–Crippen LogP) is 1.11. The van der Waals surface area contributed by atoms with Crippen LogP contribution in [0.25, 0.3) is 0 Å². The van der Waals surface area contributed by atoms with E-state index in [1.54, 1.807) is 0 Å². The fourth-order valence-corrected chi connectivity index (χ4v) is 3.37. The number of carboxylic acid groups (broad SMARTS) is 1. The summed E-state index contributed by atoms with van der Waals surface area (Å²) >= 11 is 0. The minimum absolute atomic E-state index is 0.231. The zero-order valence-electron chi connectivity index (χ0n) is 11.0. The largest absolute Gasteiger partial charge is 0.480 e. The summed E-state index contributed by atoms with van der Waals surface area (Å²) in [5.74, 6) is -1.45. The molecule has 0 saturated carbocycles. The van der Waals surface area contributed by atoms with E-state index >= 15 is 0 Å². The molecule has 2 aliphatic heterocycles. The molecule has 3 atom stereocenters. The first kappa shape index (κ1) is 13.1. The highest BCUT2D eigenvalue weighted by molar-refractivity contribution is 5.87. The van der Waals surface area contributed by atoms with Crippen LogP contribution in [-0.4, -0.2) is 39.1 Å². The van der Waals surface area contributed by atoms with E-state index in [9.17, 15) is 19.8 Å². The molecule has 1 saturated heterocycles. The molecule has 1 unspecified atom stereocenters. The molecule has 2 N–H and O–H groups in total. The topological polar surface area (TPSA) is 77.8 Å². The second kappa shape index (κ2) is 4.90. The monoisotopic (exact) mass is 275 g/mol. The van der Waals surface area contributed by atoms with Gasteiger partial charge in [-0.05, 0) is 30.4 Å². The third-order valence-corrected chi connectivity index (χ3v) is 4.28. The number of nitrogens with zero attached hydrogens (tertiary/aromatic N) is 1. The van der Waals surface area contributed by atoms with Crippen molar-refractivity contribution in [2.75, 3.05) is 0 Å². The van der Waals surface area contributed by atoms with Crippen LogP contribution in [0, 0.1) is 0 Å². The Morgan fingerprint density at radius 3 is 2.75 bits per heavy atom. The molecule has 1 aromatic carbocycles. The van der Waals surface area contributed by atoms with Crippen molar-refractivity contribution in [1.82, 2.24) is 4.90 Å². The van der Waals surface area contributed by atoms with Crippen LogP contribution in [0.1, 0.15) is 36.4 Å². The van der Waals surface area contributed by atoms with Gasteiger partial charge in [0.1, 0.15) is 12.1 Å². The van der Waals surface area contributed by atoms with Gasteiger partial charge in [-0.1, -0.05) is 24.3 Å². The lowest BCUT2D eigenvalue weighted by Crippen LogP contribution is -2.52. The van der Waals surface area contributed by atoms with Gasteiger partial charge in [-0.2, -0.15) is 0 Å². The van der Waals surface area contributed by atoms with Gasteiger partial charge in [0, 0.05) is 6.42 Å². The molecule has 1 amide bonds. The number of carbonyl (C=O) groups excluding carboxylic acids is 1. The fraction of sp³-hybridized carbons (Fsp3) is 0.467. The van der Waals surface area contributed by atoms with E-state index in [2.05, 4.69) is 0 Å². The normalized spacial score (nSPS) is 29.4. The first-order valence-corrected chi connectivity index (χ1v) is 6.90. The van der Waals surface area contributed by atoms with Crippen molar-refractivity contribution in [2.24, 2.45) is 0 Å². The number of piperidine rings is 1. The number of fused-ring (bicyclic) bond motifs is 3. The third-order valence-electron chi connectivity index (χ3n) is 4.28. The number of carboxylic acids is 1. The quantitative estimate of drug-likeness (QED) is 0.805. The Hall–Kier alpha value is -1.88. The highest BCUT2D eigenvalue weighted by Gasteiger charge is 2.43. The molecule has 20 heavy (non-hydrogen) atoms. The molecule has 0 aliphatic carbocycles. The number of aliphatic hydroxyl groups excluding tert-OH is 1. The summed E-state index contributed by atoms with van der Waals surface area (Å²) in [5.41, 5.74) is 1.91. The molecule has 106 valence electrons. The van der Waals surface area contributed by atoms with Crippen molar-refractivity contribution in [3.05, 3.63) is 35.4 Å². The van der Waals surface area contributed by atoms with Gasteiger partial charge in [0.25, 0.3) is 5.91 Å². The maximum atomic E-state index is 12.4. The number of carbonyl (C=O) groups is 2. The van der Waals surface area contributed by atoms with Crippen molar-refractivity contribution >= 4 is 11.9 Å². The Kier molecular flexibility index (Phi) is 3.22. The van der Waals surface area contributed by atoms with Crippen molar-refractivity contribution in [3.8, 4) is 0 Å². The van der Waals surface area contributed by atoms with E-state index in [1.807, 2.05) is 24.3 Å². The van der Waals surface area contributed by atoms with Gasteiger partial charge in [0.2, 0.25) is 0 Å².